The Morgan fingerprint density at radius 2 is 2.33 bits per heavy atom. The van der Waals surface area contributed by atoms with E-state index in [2.05, 4.69) is 20.7 Å². The van der Waals surface area contributed by atoms with Gasteiger partial charge in [-0.25, -0.2) is 0 Å². The van der Waals surface area contributed by atoms with Gasteiger partial charge in [0, 0.05) is 12.1 Å². The molecule has 0 fully saturated rings. The first-order chi connectivity index (χ1) is 7.31. The van der Waals surface area contributed by atoms with Crippen LogP contribution in [0.4, 0.5) is 0 Å². The van der Waals surface area contributed by atoms with Crippen LogP contribution >= 0.6 is 11.6 Å². The summed E-state index contributed by atoms with van der Waals surface area (Å²) < 4.78 is 0. The van der Waals surface area contributed by atoms with Crippen LogP contribution in [0.3, 0.4) is 0 Å². The van der Waals surface area contributed by atoms with Gasteiger partial charge in [-0.2, -0.15) is 15.4 Å². The van der Waals surface area contributed by atoms with Crippen molar-refractivity contribution in [2.24, 2.45) is 0 Å². The molecule has 2 aromatic rings. The molecule has 0 aliphatic rings. The molecule has 15 heavy (non-hydrogen) atoms. The van der Waals surface area contributed by atoms with Gasteiger partial charge in [0.1, 0.15) is 16.9 Å². The van der Waals surface area contributed by atoms with Gasteiger partial charge in [-0.15, -0.1) is 11.6 Å². The minimum atomic E-state index is -0.197. The van der Waals surface area contributed by atoms with Gasteiger partial charge in [0.25, 0.3) is 0 Å². The van der Waals surface area contributed by atoms with Crippen molar-refractivity contribution in [3.05, 3.63) is 23.8 Å². The van der Waals surface area contributed by atoms with Gasteiger partial charge >= 0.3 is 0 Å². The lowest BCUT2D eigenvalue weighted by Crippen LogP contribution is -2.23. The average molecular weight is 225 g/mol. The summed E-state index contributed by atoms with van der Waals surface area (Å²) in [7, 11) is 0. The highest BCUT2D eigenvalue weighted by molar-refractivity contribution is 6.27. The number of carbonyl (C=O) groups excluding carboxylic acids is 1. The molecular formula is C9H9ClN4O. The van der Waals surface area contributed by atoms with E-state index in [1.54, 1.807) is 0 Å². The van der Waals surface area contributed by atoms with Gasteiger partial charge in [-0.05, 0) is 6.07 Å². The zero-order valence-electron chi connectivity index (χ0n) is 7.83. The minimum Gasteiger partial charge on any atom is -0.351 e. The molecule has 0 spiro atoms. The summed E-state index contributed by atoms with van der Waals surface area (Å²) in [5.74, 6) is -0.230. The number of carbonyl (C=O) groups is 1. The zero-order valence-corrected chi connectivity index (χ0v) is 8.58. The number of benzene rings is 1. The second kappa shape index (κ2) is 4.27. The predicted molar refractivity (Wildman–Crippen MR) is 56.5 cm³/mol. The zero-order chi connectivity index (χ0) is 10.7. The SMILES string of the molecule is O=C(CCl)NCc1cccc2n[nH]nc12. The van der Waals surface area contributed by atoms with E-state index >= 15 is 0 Å². The summed E-state index contributed by atoms with van der Waals surface area (Å²) in [5, 5.41) is 13.2. The number of hydrogen-bond donors (Lipinski definition) is 2. The number of aromatic amines is 1. The molecule has 6 heteroatoms. The van der Waals surface area contributed by atoms with E-state index in [-0.39, 0.29) is 11.8 Å². The van der Waals surface area contributed by atoms with Gasteiger partial charge in [-0.3, -0.25) is 4.79 Å². The molecule has 0 atom stereocenters. The number of alkyl halides is 1. The number of para-hydroxylation sites is 1. The number of fused-ring (bicyclic) bond motifs is 1. The number of nitrogens with zero attached hydrogens (tertiary/aromatic N) is 2. The Hall–Kier alpha value is -1.62. The van der Waals surface area contributed by atoms with Crippen LogP contribution in [0, 0.1) is 0 Å². The third kappa shape index (κ3) is 2.07. The molecular weight excluding hydrogens is 216 g/mol. The van der Waals surface area contributed by atoms with Gasteiger partial charge in [0.2, 0.25) is 5.91 Å². The quantitative estimate of drug-likeness (QED) is 0.758. The summed E-state index contributed by atoms with van der Waals surface area (Å²) >= 11 is 5.37. The summed E-state index contributed by atoms with van der Waals surface area (Å²) in [4.78, 5) is 11.0. The van der Waals surface area contributed by atoms with E-state index in [0.29, 0.717) is 6.54 Å². The molecule has 0 radical (unpaired) electrons. The number of H-pyrrole nitrogens is 1. The number of hydrogen-bond acceptors (Lipinski definition) is 3. The Morgan fingerprint density at radius 1 is 1.47 bits per heavy atom. The predicted octanol–water partition coefficient (Wildman–Crippen LogP) is 0.813. The Balaban J connectivity index is 2.20. The molecule has 0 saturated heterocycles. The van der Waals surface area contributed by atoms with E-state index in [9.17, 15) is 4.79 Å². The van der Waals surface area contributed by atoms with Crippen LogP contribution in [0.1, 0.15) is 5.56 Å². The molecule has 1 amide bonds. The molecule has 0 aliphatic carbocycles. The third-order valence-corrected chi connectivity index (χ3v) is 2.27. The lowest BCUT2D eigenvalue weighted by molar-refractivity contribution is -0.118. The fourth-order valence-corrected chi connectivity index (χ4v) is 1.40. The van der Waals surface area contributed by atoms with E-state index in [1.807, 2.05) is 18.2 Å². The van der Waals surface area contributed by atoms with Crippen LogP contribution in [0.25, 0.3) is 11.0 Å². The lowest BCUT2D eigenvalue weighted by Gasteiger charge is -2.02. The van der Waals surface area contributed by atoms with E-state index in [1.165, 1.54) is 0 Å². The molecule has 78 valence electrons. The second-order valence-corrected chi connectivity index (χ2v) is 3.29. The molecule has 5 nitrogen and oxygen atoms in total. The number of halogens is 1. The molecule has 1 aromatic heterocycles. The van der Waals surface area contributed by atoms with Crippen molar-refractivity contribution in [3.63, 3.8) is 0 Å². The summed E-state index contributed by atoms with van der Waals surface area (Å²) in [6, 6.07) is 5.61. The topological polar surface area (TPSA) is 70.7 Å². The van der Waals surface area contributed by atoms with Crippen molar-refractivity contribution < 1.29 is 4.79 Å². The monoisotopic (exact) mass is 224 g/mol. The maximum absolute atomic E-state index is 11.0. The fraction of sp³-hybridized carbons (Fsp3) is 0.222. The van der Waals surface area contributed by atoms with Crippen LogP contribution in [0.15, 0.2) is 18.2 Å². The highest BCUT2D eigenvalue weighted by Crippen LogP contribution is 2.12. The smallest absolute Gasteiger partial charge is 0.235 e. The van der Waals surface area contributed by atoms with E-state index in [0.717, 1.165) is 16.6 Å². The van der Waals surface area contributed by atoms with Crippen molar-refractivity contribution in [1.29, 1.82) is 0 Å². The largest absolute Gasteiger partial charge is 0.351 e. The minimum absolute atomic E-state index is 0.0329. The van der Waals surface area contributed by atoms with Crippen molar-refractivity contribution in [1.82, 2.24) is 20.7 Å². The molecule has 2 rings (SSSR count). The van der Waals surface area contributed by atoms with Crippen LogP contribution in [-0.2, 0) is 11.3 Å². The standard InChI is InChI=1S/C9H9ClN4O/c10-4-8(15)11-5-6-2-1-3-7-9(6)13-14-12-7/h1-3H,4-5H2,(H,11,15)(H,12,13,14). The van der Waals surface area contributed by atoms with Gasteiger partial charge in [-0.1, -0.05) is 12.1 Å². The van der Waals surface area contributed by atoms with Crippen LogP contribution in [-0.4, -0.2) is 27.2 Å². The summed E-state index contributed by atoms with van der Waals surface area (Å²) in [5.41, 5.74) is 2.47. The van der Waals surface area contributed by atoms with Gasteiger partial charge in [0.15, 0.2) is 0 Å². The Labute approximate surface area is 90.8 Å². The average Bonchev–Trinajstić information content (AvgIpc) is 2.74. The molecule has 0 aliphatic heterocycles. The molecule has 2 N–H and O–H groups in total. The summed E-state index contributed by atoms with van der Waals surface area (Å²) in [6.45, 7) is 0.412. The first-order valence-electron chi connectivity index (χ1n) is 4.42. The highest BCUT2D eigenvalue weighted by Gasteiger charge is 2.05. The maximum Gasteiger partial charge on any atom is 0.235 e. The highest BCUT2D eigenvalue weighted by atomic mass is 35.5. The fourth-order valence-electron chi connectivity index (χ4n) is 1.31. The number of rotatable bonds is 3. The Kier molecular flexibility index (Phi) is 2.82. The Bertz CT molecular complexity index is 482. The van der Waals surface area contributed by atoms with Crippen molar-refractivity contribution in [2.45, 2.75) is 6.54 Å². The van der Waals surface area contributed by atoms with Gasteiger partial charge in [0.05, 0.1) is 0 Å². The second-order valence-electron chi connectivity index (χ2n) is 3.02. The maximum atomic E-state index is 11.0. The number of nitrogens with one attached hydrogen (secondary N) is 2. The van der Waals surface area contributed by atoms with Crippen molar-refractivity contribution >= 4 is 28.5 Å². The Morgan fingerprint density at radius 3 is 3.13 bits per heavy atom. The molecule has 0 bridgehead atoms. The normalized spacial score (nSPS) is 10.5. The van der Waals surface area contributed by atoms with Crippen LogP contribution in [0.5, 0.6) is 0 Å². The number of aromatic nitrogens is 3. The third-order valence-electron chi connectivity index (χ3n) is 2.03. The first-order valence-corrected chi connectivity index (χ1v) is 4.96. The number of amides is 1. The lowest BCUT2D eigenvalue weighted by atomic mass is 10.2. The van der Waals surface area contributed by atoms with Crippen LogP contribution < -0.4 is 5.32 Å². The molecule has 1 aromatic carbocycles. The summed E-state index contributed by atoms with van der Waals surface area (Å²) in [6.07, 6.45) is 0. The first kappa shape index (κ1) is 9.92. The van der Waals surface area contributed by atoms with E-state index in [4.69, 9.17) is 11.6 Å². The molecule has 0 unspecified atom stereocenters. The van der Waals surface area contributed by atoms with E-state index < -0.39 is 0 Å². The van der Waals surface area contributed by atoms with Gasteiger partial charge < -0.3 is 5.32 Å². The molecule has 1 heterocycles. The molecule has 0 saturated carbocycles. The van der Waals surface area contributed by atoms with Crippen molar-refractivity contribution in [3.8, 4) is 0 Å². The van der Waals surface area contributed by atoms with Crippen molar-refractivity contribution in [2.75, 3.05) is 5.88 Å². The van der Waals surface area contributed by atoms with Crippen LogP contribution in [0.2, 0.25) is 0 Å².